The van der Waals surface area contributed by atoms with Gasteiger partial charge in [0.1, 0.15) is 0 Å². The van der Waals surface area contributed by atoms with Crippen LogP contribution in [0.15, 0.2) is 10.6 Å². The van der Waals surface area contributed by atoms with E-state index >= 15 is 0 Å². The third-order valence-electron chi connectivity index (χ3n) is 1.45. The number of anilines is 1. The maximum atomic E-state index is 11.1. The number of nitrogens with zero attached hydrogens (tertiary/aromatic N) is 1. The molecular formula is C8H12N2O3. The molecule has 2 N–H and O–H groups in total. The van der Waals surface area contributed by atoms with Gasteiger partial charge in [-0.2, -0.15) is 0 Å². The summed E-state index contributed by atoms with van der Waals surface area (Å²) in [5.41, 5.74) is 0.720. The van der Waals surface area contributed by atoms with Crippen molar-refractivity contribution in [2.75, 3.05) is 11.9 Å². The van der Waals surface area contributed by atoms with Gasteiger partial charge in [-0.15, -0.1) is 0 Å². The number of carbonyl (C=O) groups excluding carboxylic acids is 1. The summed E-state index contributed by atoms with van der Waals surface area (Å²) in [4.78, 5) is 11.1. The number of nitrogens with one attached hydrogen (secondary N) is 1. The number of rotatable bonds is 4. The van der Waals surface area contributed by atoms with Crippen molar-refractivity contribution in [1.82, 2.24) is 5.16 Å². The minimum absolute atomic E-state index is 0.0167. The molecule has 0 radical (unpaired) electrons. The SMILES string of the molecule is Cc1cc(NC(=O)CCCO)on1. The highest BCUT2D eigenvalue weighted by atomic mass is 16.5. The van der Waals surface area contributed by atoms with Gasteiger partial charge < -0.3 is 9.63 Å². The smallest absolute Gasteiger partial charge is 0.231 e. The van der Waals surface area contributed by atoms with E-state index in [0.29, 0.717) is 12.3 Å². The molecule has 1 amide bonds. The summed E-state index contributed by atoms with van der Waals surface area (Å²) in [6.07, 6.45) is 0.745. The molecule has 13 heavy (non-hydrogen) atoms. The first-order valence-corrected chi connectivity index (χ1v) is 4.06. The summed E-state index contributed by atoms with van der Waals surface area (Å²) in [6, 6.07) is 1.64. The van der Waals surface area contributed by atoms with E-state index in [-0.39, 0.29) is 18.9 Å². The molecule has 0 bridgehead atoms. The van der Waals surface area contributed by atoms with Crippen molar-refractivity contribution < 1.29 is 14.4 Å². The molecule has 1 rings (SSSR count). The number of hydrogen-bond acceptors (Lipinski definition) is 4. The number of aliphatic hydroxyl groups excluding tert-OH is 1. The van der Waals surface area contributed by atoms with Crippen LogP contribution in [-0.4, -0.2) is 22.8 Å². The fourth-order valence-electron chi connectivity index (χ4n) is 0.862. The Kier molecular flexibility index (Phi) is 3.45. The van der Waals surface area contributed by atoms with E-state index in [1.54, 1.807) is 13.0 Å². The average Bonchev–Trinajstić information content (AvgIpc) is 2.48. The lowest BCUT2D eigenvalue weighted by Crippen LogP contribution is -2.10. The number of aryl methyl sites for hydroxylation is 1. The summed E-state index contributed by atoms with van der Waals surface area (Å²) < 4.78 is 4.77. The van der Waals surface area contributed by atoms with Crippen LogP contribution in [0.5, 0.6) is 0 Å². The molecule has 0 aromatic carbocycles. The first-order chi connectivity index (χ1) is 6.22. The van der Waals surface area contributed by atoms with E-state index in [1.165, 1.54) is 0 Å². The number of aliphatic hydroxyl groups is 1. The zero-order valence-corrected chi connectivity index (χ0v) is 7.41. The second-order valence-corrected chi connectivity index (χ2v) is 2.71. The van der Waals surface area contributed by atoms with Crippen LogP contribution in [0.25, 0.3) is 0 Å². The number of aromatic nitrogens is 1. The largest absolute Gasteiger partial charge is 0.396 e. The minimum atomic E-state index is -0.176. The lowest BCUT2D eigenvalue weighted by Gasteiger charge is -1.97. The Morgan fingerprint density at radius 2 is 2.54 bits per heavy atom. The van der Waals surface area contributed by atoms with Crippen LogP contribution in [0.2, 0.25) is 0 Å². The molecule has 1 aromatic rings. The molecule has 72 valence electrons. The van der Waals surface area contributed by atoms with Crippen molar-refractivity contribution in [2.45, 2.75) is 19.8 Å². The second-order valence-electron chi connectivity index (χ2n) is 2.71. The minimum Gasteiger partial charge on any atom is -0.396 e. The fraction of sp³-hybridized carbons (Fsp3) is 0.500. The molecule has 5 heteroatoms. The first-order valence-electron chi connectivity index (χ1n) is 4.06. The topological polar surface area (TPSA) is 75.4 Å². The predicted molar refractivity (Wildman–Crippen MR) is 46.2 cm³/mol. The second kappa shape index (κ2) is 4.61. The van der Waals surface area contributed by atoms with Crippen LogP contribution in [0, 0.1) is 6.92 Å². The molecule has 0 fully saturated rings. The molecule has 0 unspecified atom stereocenters. The predicted octanol–water partition coefficient (Wildman–Crippen LogP) is 0.694. The van der Waals surface area contributed by atoms with Crippen molar-refractivity contribution >= 4 is 11.8 Å². The molecule has 0 aliphatic rings. The standard InChI is InChI=1S/C8H12N2O3/c1-6-5-8(13-10-6)9-7(12)3-2-4-11/h5,11H,2-4H2,1H3,(H,9,12). The molecule has 1 aromatic heterocycles. The highest BCUT2D eigenvalue weighted by Gasteiger charge is 2.05. The first kappa shape index (κ1) is 9.73. The van der Waals surface area contributed by atoms with E-state index in [2.05, 4.69) is 10.5 Å². The highest BCUT2D eigenvalue weighted by molar-refractivity contribution is 5.89. The van der Waals surface area contributed by atoms with Gasteiger partial charge in [-0.3, -0.25) is 10.1 Å². The van der Waals surface area contributed by atoms with E-state index in [9.17, 15) is 4.79 Å². The summed E-state index contributed by atoms with van der Waals surface area (Å²) in [5.74, 6) is 0.172. The lowest BCUT2D eigenvalue weighted by atomic mass is 10.3. The molecule has 0 saturated carbocycles. The highest BCUT2D eigenvalue weighted by Crippen LogP contribution is 2.08. The summed E-state index contributed by atoms with van der Waals surface area (Å²) in [6.45, 7) is 1.79. The van der Waals surface area contributed by atoms with E-state index in [1.807, 2.05) is 0 Å². The Morgan fingerprint density at radius 1 is 1.77 bits per heavy atom. The van der Waals surface area contributed by atoms with Gasteiger partial charge in [0.05, 0.1) is 5.69 Å². The molecule has 0 saturated heterocycles. The summed E-state index contributed by atoms with van der Waals surface area (Å²) in [5, 5.41) is 14.6. The van der Waals surface area contributed by atoms with Crippen LogP contribution in [0.3, 0.4) is 0 Å². The normalized spacial score (nSPS) is 10.0. The van der Waals surface area contributed by atoms with Crippen molar-refractivity contribution in [3.05, 3.63) is 11.8 Å². The Balaban J connectivity index is 2.36. The van der Waals surface area contributed by atoms with E-state index in [4.69, 9.17) is 9.63 Å². The molecule has 0 atom stereocenters. The van der Waals surface area contributed by atoms with Crippen LogP contribution in [0.1, 0.15) is 18.5 Å². The van der Waals surface area contributed by atoms with Crippen molar-refractivity contribution in [3.63, 3.8) is 0 Å². The van der Waals surface area contributed by atoms with Crippen LogP contribution < -0.4 is 5.32 Å². The maximum absolute atomic E-state index is 11.1. The van der Waals surface area contributed by atoms with Gasteiger partial charge in [0.15, 0.2) is 0 Å². The Labute approximate surface area is 75.7 Å². The number of carbonyl (C=O) groups is 1. The summed E-state index contributed by atoms with van der Waals surface area (Å²) in [7, 11) is 0. The monoisotopic (exact) mass is 184 g/mol. The number of hydrogen-bond donors (Lipinski definition) is 2. The molecule has 0 aliphatic carbocycles. The Morgan fingerprint density at radius 3 is 3.08 bits per heavy atom. The van der Waals surface area contributed by atoms with Gasteiger partial charge >= 0.3 is 0 Å². The van der Waals surface area contributed by atoms with Gasteiger partial charge in [0.25, 0.3) is 0 Å². The Bertz CT molecular complexity index is 283. The molecule has 5 nitrogen and oxygen atoms in total. The molecule has 0 aliphatic heterocycles. The molecule has 1 heterocycles. The molecular weight excluding hydrogens is 172 g/mol. The van der Waals surface area contributed by atoms with Crippen molar-refractivity contribution in [3.8, 4) is 0 Å². The number of amides is 1. The lowest BCUT2D eigenvalue weighted by molar-refractivity contribution is -0.116. The van der Waals surface area contributed by atoms with Gasteiger partial charge in [0.2, 0.25) is 11.8 Å². The van der Waals surface area contributed by atoms with Gasteiger partial charge in [-0.1, -0.05) is 5.16 Å². The summed E-state index contributed by atoms with van der Waals surface area (Å²) >= 11 is 0. The van der Waals surface area contributed by atoms with Gasteiger partial charge in [-0.05, 0) is 13.3 Å². The average molecular weight is 184 g/mol. The van der Waals surface area contributed by atoms with E-state index < -0.39 is 0 Å². The maximum Gasteiger partial charge on any atom is 0.231 e. The van der Waals surface area contributed by atoms with Crippen LogP contribution >= 0.6 is 0 Å². The van der Waals surface area contributed by atoms with Gasteiger partial charge in [0, 0.05) is 19.1 Å². The quantitative estimate of drug-likeness (QED) is 0.722. The van der Waals surface area contributed by atoms with E-state index in [0.717, 1.165) is 5.69 Å². The zero-order chi connectivity index (χ0) is 9.68. The molecule has 0 spiro atoms. The van der Waals surface area contributed by atoms with Gasteiger partial charge in [-0.25, -0.2) is 0 Å². The third kappa shape index (κ3) is 3.25. The van der Waals surface area contributed by atoms with Crippen LogP contribution in [-0.2, 0) is 4.79 Å². The van der Waals surface area contributed by atoms with Crippen molar-refractivity contribution in [1.29, 1.82) is 0 Å². The third-order valence-corrected chi connectivity index (χ3v) is 1.45. The zero-order valence-electron chi connectivity index (χ0n) is 7.41. The fourth-order valence-corrected chi connectivity index (χ4v) is 0.862. The van der Waals surface area contributed by atoms with Crippen molar-refractivity contribution in [2.24, 2.45) is 0 Å². The Hall–Kier alpha value is -1.36. The van der Waals surface area contributed by atoms with Crippen LogP contribution in [0.4, 0.5) is 5.88 Å².